The van der Waals surface area contributed by atoms with Crippen LogP contribution in [0.4, 0.5) is 0 Å². The lowest BCUT2D eigenvalue weighted by atomic mass is 10.0. The van der Waals surface area contributed by atoms with Gasteiger partial charge in [-0.1, -0.05) is 0 Å². The fourth-order valence-electron chi connectivity index (χ4n) is 5.24. The third-order valence-corrected chi connectivity index (χ3v) is 6.73. The van der Waals surface area contributed by atoms with Crippen molar-refractivity contribution in [2.45, 2.75) is 57.7 Å². The number of quaternary nitrogens is 1. The van der Waals surface area contributed by atoms with Gasteiger partial charge in [-0.25, -0.2) is 9.97 Å². The summed E-state index contributed by atoms with van der Waals surface area (Å²) in [5.41, 5.74) is 3.00. The topological polar surface area (TPSA) is 71.2 Å². The molecule has 3 aromatic rings. The number of aromatic amines is 1. The Morgan fingerprint density at radius 2 is 2.07 bits per heavy atom. The highest BCUT2D eigenvalue weighted by molar-refractivity contribution is 6.00. The zero-order valence-electron chi connectivity index (χ0n) is 16.7. The average molecular weight is 382 g/mol. The molecule has 0 aromatic carbocycles. The first-order chi connectivity index (χ1) is 13.6. The summed E-state index contributed by atoms with van der Waals surface area (Å²) < 4.78 is 2.30. The monoisotopic (exact) mass is 381 g/mol. The van der Waals surface area contributed by atoms with Gasteiger partial charge >= 0.3 is 0 Å². The maximum Gasteiger partial charge on any atom is 0.280 e. The quantitative estimate of drug-likeness (QED) is 0.723. The number of pyridine rings is 1. The van der Waals surface area contributed by atoms with E-state index in [0.29, 0.717) is 18.0 Å². The molecule has 7 heteroatoms. The Labute approximate surface area is 164 Å². The van der Waals surface area contributed by atoms with Crippen molar-refractivity contribution in [3.05, 3.63) is 24.8 Å². The van der Waals surface area contributed by atoms with E-state index in [1.54, 1.807) is 0 Å². The lowest BCUT2D eigenvalue weighted by molar-refractivity contribution is -0.924. The van der Waals surface area contributed by atoms with E-state index in [-0.39, 0.29) is 6.04 Å². The second kappa shape index (κ2) is 6.88. The molecule has 0 spiro atoms. The number of fused-ring (bicyclic) bond motifs is 3. The van der Waals surface area contributed by atoms with Gasteiger partial charge in [0.05, 0.1) is 30.6 Å². The van der Waals surface area contributed by atoms with Crippen LogP contribution in [0.2, 0.25) is 0 Å². The van der Waals surface area contributed by atoms with E-state index in [9.17, 15) is 4.79 Å². The van der Waals surface area contributed by atoms with Crippen LogP contribution < -0.4 is 4.90 Å². The van der Waals surface area contributed by atoms with Gasteiger partial charge in [0.25, 0.3) is 5.91 Å². The molecule has 2 aliphatic rings. The largest absolute Gasteiger partial charge is 0.346 e. The number of carbonyl (C=O) groups is 1. The third kappa shape index (κ3) is 2.80. The number of H-pyrrole nitrogens is 1. The van der Waals surface area contributed by atoms with Gasteiger partial charge in [-0.05, 0) is 32.8 Å². The van der Waals surface area contributed by atoms with Crippen molar-refractivity contribution in [1.82, 2.24) is 24.4 Å². The number of likely N-dealkylation sites (tertiary alicyclic amines) is 2. The number of rotatable bonds is 3. The molecular weight excluding hydrogens is 352 g/mol. The number of carbonyl (C=O) groups excluding carboxylic acids is 1. The summed E-state index contributed by atoms with van der Waals surface area (Å²) in [6.07, 6.45) is 9.89. The molecule has 28 heavy (non-hydrogen) atoms. The average Bonchev–Trinajstić information content (AvgIpc) is 3.45. The Morgan fingerprint density at radius 1 is 1.25 bits per heavy atom. The van der Waals surface area contributed by atoms with Crippen molar-refractivity contribution in [1.29, 1.82) is 0 Å². The van der Waals surface area contributed by atoms with Crippen LogP contribution in [0.1, 0.15) is 45.6 Å². The van der Waals surface area contributed by atoms with Gasteiger partial charge in [-0.15, -0.1) is 0 Å². The third-order valence-electron chi connectivity index (χ3n) is 6.73. The number of nitrogens with one attached hydrogen (secondary N) is 2. The van der Waals surface area contributed by atoms with Crippen LogP contribution in [-0.2, 0) is 4.79 Å². The Morgan fingerprint density at radius 3 is 2.86 bits per heavy atom. The fourth-order valence-corrected chi connectivity index (χ4v) is 5.24. The van der Waals surface area contributed by atoms with Crippen molar-refractivity contribution >= 4 is 28.0 Å². The summed E-state index contributed by atoms with van der Waals surface area (Å²) in [6.45, 7) is 7.27. The van der Waals surface area contributed by atoms with Crippen molar-refractivity contribution in [2.75, 3.05) is 19.6 Å². The second-order valence-electron chi connectivity index (χ2n) is 8.61. The van der Waals surface area contributed by atoms with Gasteiger partial charge in [0.15, 0.2) is 6.04 Å². The summed E-state index contributed by atoms with van der Waals surface area (Å²) in [5.74, 6) is 0.368. The molecule has 0 aliphatic carbocycles. The van der Waals surface area contributed by atoms with Crippen LogP contribution >= 0.6 is 0 Å². The molecule has 0 radical (unpaired) electrons. The Balaban J connectivity index is 1.33. The van der Waals surface area contributed by atoms with Crippen molar-refractivity contribution in [2.24, 2.45) is 0 Å². The molecule has 2 atom stereocenters. The van der Waals surface area contributed by atoms with E-state index < -0.39 is 0 Å². The number of imidazole rings is 1. The summed E-state index contributed by atoms with van der Waals surface area (Å²) in [4.78, 5) is 28.9. The molecule has 1 unspecified atom stereocenters. The summed E-state index contributed by atoms with van der Waals surface area (Å²) in [5, 5.41) is 1.12. The van der Waals surface area contributed by atoms with Crippen LogP contribution in [-0.4, -0.2) is 62.0 Å². The summed E-state index contributed by atoms with van der Waals surface area (Å²) in [7, 11) is 0. The normalized spacial score (nSPS) is 24.0. The van der Waals surface area contributed by atoms with Gasteiger partial charge in [-0.3, -0.25) is 4.79 Å². The van der Waals surface area contributed by atoms with Gasteiger partial charge in [0.1, 0.15) is 11.2 Å². The van der Waals surface area contributed by atoms with E-state index in [2.05, 4.69) is 44.3 Å². The van der Waals surface area contributed by atoms with E-state index >= 15 is 0 Å². The lowest BCUT2D eigenvalue weighted by Crippen LogP contribution is -3.17. The number of aromatic nitrogens is 4. The zero-order valence-corrected chi connectivity index (χ0v) is 16.7. The minimum Gasteiger partial charge on any atom is -0.346 e. The molecule has 148 valence electrons. The summed E-state index contributed by atoms with van der Waals surface area (Å²) >= 11 is 0. The predicted molar refractivity (Wildman–Crippen MR) is 108 cm³/mol. The molecule has 2 N–H and O–H groups in total. The fraction of sp³-hybridized carbons (Fsp3) is 0.571. The van der Waals surface area contributed by atoms with Crippen LogP contribution in [0.15, 0.2) is 24.8 Å². The van der Waals surface area contributed by atoms with Crippen molar-refractivity contribution < 1.29 is 9.69 Å². The first kappa shape index (κ1) is 17.7. The molecule has 3 aromatic heterocycles. The SMILES string of the molecule is CC(C)[NH+]1CCC[C@H]1C(=O)N1CCC(n2cnc3cnc4[nH]ccc4c32)CC1. The number of amides is 1. The Hall–Kier alpha value is -2.41. The number of hydrogen-bond donors (Lipinski definition) is 2. The molecule has 5 heterocycles. The molecule has 1 amide bonds. The van der Waals surface area contributed by atoms with Crippen LogP contribution in [0.25, 0.3) is 22.1 Å². The van der Waals surface area contributed by atoms with E-state index in [1.165, 1.54) is 11.3 Å². The first-order valence-electron chi connectivity index (χ1n) is 10.6. The molecule has 0 saturated carbocycles. The molecule has 7 nitrogen and oxygen atoms in total. The number of nitrogens with zero attached hydrogens (tertiary/aromatic N) is 4. The highest BCUT2D eigenvalue weighted by Gasteiger charge is 2.39. The number of hydrogen-bond acceptors (Lipinski definition) is 3. The van der Waals surface area contributed by atoms with Gasteiger partial charge in [-0.2, -0.15) is 0 Å². The van der Waals surface area contributed by atoms with E-state index in [1.807, 2.05) is 18.7 Å². The smallest absolute Gasteiger partial charge is 0.280 e. The minimum atomic E-state index is 0.163. The van der Waals surface area contributed by atoms with Crippen LogP contribution in [0, 0.1) is 0 Å². The van der Waals surface area contributed by atoms with Gasteiger partial charge in [0, 0.05) is 43.6 Å². The zero-order chi connectivity index (χ0) is 19.3. The van der Waals surface area contributed by atoms with E-state index in [0.717, 1.165) is 61.0 Å². The Kier molecular flexibility index (Phi) is 4.34. The standard InChI is InChI=1S/C21H28N6O/c1-14(2)26-9-3-4-18(26)21(28)25-10-6-15(7-11-25)27-13-24-17-12-23-20-16(19(17)27)5-8-22-20/h5,8,12-15,18H,3-4,6-7,9-11H2,1-2H3,(H,22,23)/p+1/t18-/m0/s1. The van der Waals surface area contributed by atoms with Crippen molar-refractivity contribution in [3.63, 3.8) is 0 Å². The maximum atomic E-state index is 13.1. The molecule has 5 rings (SSSR count). The molecule has 2 aliphatic heterocycles. The van der Waals surface area contributed by atoms with Gasteiger partial charge in [0.2, 0.25) is 0 Å². The van der Waals surface area contributed by atoms with Gasteiger partial charge < -0.3 is 19.4 Å². The predicted octanol–water partition coefficient (Wildman–Crippen LogP) is 1.53. The molecule has 2 fully saturated rings. The maximum absolute atomic E-state index is 13.1. The second-order valence-corrected chi connectivity index (χ2v) is 8.61. The highest BCUT2D eigenvalue weighted by atomic mass is 16.2. The van der Waals surface area contributed by atoms with Crippen LogP contribution in [0.3, 0.4) is 0 Å². The van der Waals surface area contributed by atoms with Crippen LogP contribution in [0.5, 0.6) is 0 Å². The highest BCUT2D eigenvalue weighted by Crippen LogP contribution is 2.30. The molecule has 0 bridgehead atoms. The van der Waals surface area contributed by atoms with E-state index in [4.69, 9.17) is 0 Å². The first-order valence-corrected chi connectivity index (χ1v) is 10.6. The summed E-state index contributed by atoms with van der Waals surface area (Å²) in [6, 6.07) is 3.14. The molecule has 2 saturated heterocycles. The van der Waals surface area contributed by atoms with Crippen molar-refractivity contribution in [3.8, 4) is 0 Å². The number of piperidine rings is 1. The molecular formula is C21H29N6O+. The minimum absolute atomic E-state index is 0.163. The lowest BCUT2D eigenvalue weighted by Gasteiger charge is -2.35. The Bertz CT molecular complexity index is 997.